The summed E-state index contributed by atoms with van der Waals surface area (Å²) in [5.41, 5.74) is 0.682. The van der Waals surface area contributed by atoms with Crippen LogP contribution in [0.2, 0.25) is 0 Å². The molecule has 0 aliphatic carbocycles. The molecule has 4 nitrogen and oxygen atoms in total. The number of hydrogen-bond donors (Lipinski definition) is 2. The van der Waals surface area contributed by atoms with Crippen molar-refractivity contribution in [1.29, 1.82) is 0 Å². The fraction of sp³-hybridized carbons (Fsp3) is 0.500. The molecular weight excluding hydrogens is 158 g/mol. The zero-order valence-electron chi connectivity index (χ0n) is 6.67. The smallest absolute Gasteiger partial charge is 0.304 e. The second-order valence-electron chi connectivity index (χ2n) is 2.93. The van der Waals surface area contributed by atoms with Crippen LogP contribution in [-0.4, -0.2) is 17.0 Å². The Morgan fingerprint density at radius 3 is 2.92 bits per heavy atom. The van der Waals surface area contributed by atoms with E-state index in [0.29, 0.717) is 18.5 Å². The quantitative estimate of drug-likeness (QED) is 0.632. The third-order valence-electron chi connectivity index (χ3n) is 1.89. The van der Waals surface area contributed by atoms with E-state index < -0.39 is 5.97 Å². The molecule has 1 fully saturated rings. The second-order valence-corrected chi connectivity index (χ2v) is 2.93. The van der Waals surface area contributed by atoms with Crippen LogP contribution >= 0.6 is 0 Å². The van der Waals surface area contributed by atoms with Gasteiger partial charge in [-0.25, -0.2) is 0 Å². The lowest BCUT2D eigenvalue weighted by Crippen LogP contribution is -2.35. The number of allylic oxidation sites excluding steroid dienone is 1. The minimum Gasteiger partial charge on any atom is -0.481 e. The Morgan fingerprint density at radius 1 is 1.75 bits per heavy atom. The highest BCUT2D eigenvalue weighted by Gasteiger charge is 2.25. The summed E-state index contributed by atoms with van der Waals surface area (Å²) in [6, 6.07) is 0. The van der Waals surface area contributed by atoms with E-state index in [1.807, 2.05) is 0 Å². The highest BCUT2D eigenvalue weighted by atomic mass is 16.4. The van der Waals surface area contributed by atoms with Gasteiger partial charge in [0.1, 0.15) is 0 Å². The summed E-state index contributed by atoms with van der Waals surface area (Å²) >= 11 is 0. The Labute approximate surface area is 70.3 Å². The molecule has 1 heterocycles. The van der Waals surface area contributed by atoms with Crippen molar-refractivity contribution in [2.24, 2.45) is 5.92 Å². The van der Waals surface area contributed by atoms with E-state index >= 15 is 0 Å². The van der Waals surface area contributed by atoms with E-state index in [1.165, 1.54) is 0 Å². The van der Waals surface area contributed by atoms with Crippen molar-refractivity contribution >= 4 is 11.9 Å². The standard InChI is InChI=1S/C8H11NO3/c1-5-2-3-6(4-7(10)11)8(12)9-5/h6H,1-4H2,(H,9,12)(H,10,11). The van der Waals surface area contributed by atoms with E-state index in [2.05, 4.69) is 11.9 Å². The number of aliphatic carboxylic acids is 1. The highest BCUT2D eigenvalue weighted by molar-refractivity contribution is 5.85. The first-order valence-corrected chi connectivity index (χ1v) is 3.80. The maximum Gasteiger partial charge on any atom is 0.304 e. The maximum atomic E-state index is 11.1. The Bertz CT molecular complexity index is 234. The molecule has 0 bridgehead atoms. The van der Waals surface area contributed by atoms with Gasteiger partial charge in [-0.1, -0.05) is 6.58 Å². The van der Waals surface area contributed by atoms with Gasteiger partial charge in [-0.15, -0.1) is 0 Å². The van der Waals surface area contributed by atoms with Gasteiger partial charge in [-0.2, -0.15) is 0 Å². The average molecular weight is 169 g/mol. The predicted molar refractivity (Wildman–Crippen MR) is 42.3 cm³/mol. The SMILES string of the molecule is C=C1CCC(CC(=O)O)C(=O)N1. The summed E-state index contributed by atoms with van der Waals surface area (Å²) in [5, 5.41) is 11.0. The Hall–Kier alpha value is -1.32. The van der Waals surface area contributed by atoms with E-state index in [-0.39, 0.29) is 18.2 Å². The van der Waals surface area contributed by atoms with Gasteiger partial charge in [0.15, 0.2) is 0 Å². The predicted octanol–water partition coefficient (Wildman–Crippen LogP) is 0.501. The number of nitrogens with one attached hydrogen (secondary N) is 1. The van der Waals surface area contributed by atoms with Crippen LogP contribution in [0.15, 0.2) is 12.3 Å². The fourth-order valence-corrected chi connectivity index (χ4v) is 1.22. The van der Waals surface area contributed by atoms with Crippen LogP contribution < -0.4 is 5.32 Å². The van der Waals surface area contributed by atoms with Crippen LogP contribution in [0, 0.1) is 5.92 Å². The molecule has 4 heteroatoms. The molecule has 1 atom stereocenters. The molecule has 0 aromatic heterocycles. The maximum absolute atomic E-state index is 11.1. The molecule has 66 valence electrons. The topological polar surface area (TPSA) is 66.4 Å². The summed E-state index contributed by atoms with van der Waals surface area (Å²) in [6.07, 6.45) is 1.19. The van der Waals surface area contributed by atoms with Gasteiger partial charge >= 0.3 is 5.97 Å². The minimum atomic E-state index is -0.928. The lowest BCUT2D eigenvalue weighted by molar-refractivity contribution is -0.141. The van der Waals surface area contributed by atoms with Gasteiger partial charge in [0.2, 0.25) is 5.91 Å². The molecule has 0 saturated carbocycles. The molecule has 0 spiro atoms. The first-order chi connectivity index (χ1) is 5.59. The van der Waals surface area contributed by atoms with E-state index in [0.717, 1.165) is 0 Å². The van der Waals surface area contributed by atoms with E-state index in [4.69, 9.17) is 5.11 Å². The van der Waals surface area contributed by atoms with Crippen molar-refractivity contribution in [1.82, 2.24) is 5.32 Å². The number of carbonyl (C=O) groups is 2. The van der Waals surface area contributed by atoms with Crippen LogP contribution in [0.3, 0.4) is 0 Å². The van der Waals surface area contributed by atoms with E-state index in [9.17, 15) is 9.59 Å². The number of carboxylic acid groups (broad SMARTS) is 1. The van der Waals surface area contributed by atoms with Gasteiger partial charge in [0, 0.05) is 11.6 Å². The first-order valence-electron chi connectivity index (χ1n) is 3.80. The summed E-state index contributed by atoms with van der Waals surface area (Å²) in [4.78, 5) is 21.4. The van der Waals surface area contributed by atoms with Gasteiger partial charge in [-0.05, 0) is 12.8 Å². The molecule has 2 N–H and O–H groups in total. The third-order valence-corrected chi connectivity index (χ3v) is 1.89. The normalized spacial score (nSPS) is 23.5. The van der Waals surface area contributed by atoms with Crippen molar-refractivity contribution < 1.29 is 14.7 Å². The number of piperidine rings is 1. The van der Waals surface area contributed by atoms with Crippen molar-refractivity contribution in [3.05, 3.63) is 12.3 Å². The van der Waals surface area contributed by atoms with Crippen LogP contribution in [0.4, 0.5) is 0 Å². The molecule has 1 aliphatic heterocycles. The highest BCUT2D eigenvalue weighted by Crippen LogP contribution is 2.19. The van der Waals surface area contributed by atoms with Gasteiger partial charge in [-0.3, -0.25) is 9.59 Å². The van der Waals surface area contributed by atoms with Crippen LogP contribution in [-0.2, 0) is 9.59 Å². The number of hydrogen-bond acceptors (Lipinski definition) is 2. The van der Waals surface area contributed by atoms with Crippen molar-refractivity contribution in [2.75, 3.05) is 0 Å². The number of rotatable bonds is 2. The first kappa shape index (κ1) is 8.77. The number of carbonyl (C=O) groups excluding carboxylic acids is 1. The molecular formula is C8H11NO3. The third kappa shape index (κ3) is 2.08. The number of amides is 1. The Kier molecular flexibility index (Phi) is 2.47. The van der Waals surface area contributed by atoms with Crippen LogP contribution in [0.25, 0.3) is 0 Å². The zero-order chi connectivity index (χ0) is 9.14. The molecule has 1 saturated heterocycles. The van der Waals surface area contributed by atoms with Gasteiger partial charge in [0.05, 0.1) is 6.42 Å². The minimum absolute atomic E-state index is 0.0842. The molecule has 0 aromatic rings. The summed E-state index contributed by atoms with van der Waals surface area (Å²) in [6.45, 7) is 3.60. The monoisotopic (exact) mass is 169 g/mol. The Balaban J connectivity index is 2.51. The molecule has 1 unspecified atom stereocenters. The molecule has 0 aromatic carbocycles. The van der Waals surface area contributed by atoms with Crippen molar-refractivity contribution in [3.8, 4) is 0 Å². The van der Waals surface area contributed by atoms with Gasteiger partial charge in [0.25, 0.3) is 0 Å². The van der Waals surface area contributed by atoms with E-state index in [1.54, 1.807) is 0 Å². The average Bonchev–Trinajstić information content (AvgIpc) is 1.94. The van der Waals surface area contributed by atoms with Crippen LogP contribution in [0.1, 0.15) is 19.3 Å². The molecule has 1 aliphatic rings. The van der Waals surface area contributed by atoms with Crippen molar-refractivity contribution in [2.45, 2.75) is 19.3 Å². The Morgan fingerprint density at radius 2 is 2.42 bits per heavy atom. The molecule has 1 amide bonds. The largest absolute Gasteiger partial charge is 0.481 e. The molecule has 12 heavy (non-hydrogen) atoms. The van der Waals surface area contributed by atoms with Gasteiger partial charge < -0.3 is 10.4 Å². The zero-order valence-corrected chi connectivity index (χ0v) is 6.67. The lowest BCUT2D eigenvalue weighted by Gasteiger charge is -2.21. The second kappa shape index (κ2) is 3.38. The van der Waals surface area contributed by atoms with Crippen LogP contribution in [0.5, 0.6) is 0 Å². The van der Waals surface area contributed by atoms with Crippen molar-refractivity contribution in [3.63, 3.8) is 0 Å². The number of carboxylic acids is 1. The fourth-order valence-electron chi connectivity index (χ4n) is 1.22. The molecule has 0 radical (unpaired) electrons. The molecule has 1 rings (SSSR count). The lowest BCUT2D eigenvalue weighted by atomic mass is 9.94. The summed E-state index contributed by atoms with van der Waals surface area (Å²) in [7, 11) is 0. The summed E-state index contributed by atoms with van der Waals surface area (Å²) in [5.74, 6) is -1.52. The summed E-state index contributed by atoms with van der Waals surface area (Å²) < 4.78 is 0.